The fourth-order valence-electron chi connectivity index (χ4n) is 4.12. The van der Waals surface area contributed by atoms with E-state index in [9.17, 15) is 14.7 Å². The molecule has 1 aliphatic heterocycles. The first-order valence-corrected chi connectivity index (χ1v) is 12.3. The molecule has 0 bridgehead atoms. The molecule has 1 aliphatic rings. The van der Waals surface area contributed by atoms with Gasteiger partial charge in [0.1, 0.15) is 17.2 Å². The predicted octanol–water partition coefficient (Wildman–Crippen LogP) is 6.35. The molecule has 0 aliphatic carbocycles. The summed E-state index contributed by atoms with van der Waals surface area (Å²) in [4.78, 5) is 24.1. The molecule has 3 aromatic carbocycles. The Morgan fingerprint density at radius 2 is 1.78 bits per heavy atom. The molecule has 2 N–H and O–H groups in total. The topological polar surface area (TPSA) is 84.9 Å². The Balaban J connectivity index is 1.34. The van der Waals surface area contributed by atoms with E-state index in [2.05, 4.69) is 50.4 Å². The SMILES string of the molecule is CC(C)(C)c1ccc(CCNC(=O)c2ccc(Oc3cc4c(cc3Cl)C(C(=O)O)CCO4)cc2)cc1. The fourth-order valence-corrected chi connectivity index (χ4v) is 4.33. The first kappa shape index (κ1) is 25.6. The number of aliphatic carboxylic acids is 1. The van der Waals surface area contributed by atoms with Crippen LogP contribution in [0.15, 0.2) is 60.7 Å². The van der Waals surface area contributed by atoms with E-state index in [1.165, 1.54) is 11.1 Å². The number of ether oxygens (including phenoxy) is 2. The molecule has 188 valence electrons. The summed E-state index contributed by atoms with van der Waals surface area (Å²) in [6.07, 6.45) is 1.14. The van der Waals surface area contributed by atoms with Gasteiger partial charge in [0, 0.05) is 23.7 Å². The lowest BCUT2D eigenvalue weighted by Crippen LogP contribution is -2.25. The van der Waals surface area contributed by atoms with E-state index in [0.717, 1.165) is 6.42 Å². The van der Waals surface area contributed by atoms with Crippen molar-refractivity contribution in [2.75, 3.05) is 13.2 Å². The summed E-state index contributed by atoms with van der Waals surface area (Å²) in [5, 5.41) is 12.7. The average Bonchev–Trinajstić information content (AvgIpc) is 2.84. The summed E-state index contributed by atoms with van der Waals surface area (Å²) in [7, 11) is 0. The number of benzene rings is 3. The van der Waals surface area contributed by atoms with Crippen LogP contribution in [0.4, 0.5) is 0 Å². The normalized spacial score (nSPS) is 14.9. The number of carbonyl (C=O) groups excluding carboxylic acids is 1. The van der Waals surface area contributed by atoms with Crippen LogP contribution in [0.1, 0.15) is 60.2 Å². The molecule has 1 atom stereocenters. The molecule has 4 rings (SSSR count). The smallest absolute Gasteiger partial charge is 0.311 e. The van der Waals surface area contributed by atoms with E-state index in [4.69, 9.17) is 21.1 Å². The Hall–Kier alpha value is -3.51. The third-order valence-electron chi connectivity index (χ3n) is 6.27. The molecule has 1 unspecified atom stereocenters. The lowest BCUT2D eigenvalue weighted by atomic mass is 9.86. The summed E-state index contributed by atoms with van der Waals surface area (Å²) in [5.41, 5.74) is 3.64. The standard InChI is InChI=1S/C29H30ClNO5/c1-29(2,3)20-8-4-18(5-9-20)12-14-31-27(32)19-6-10-21(11-7-19)36-26-17-25-23(16-24(26)30)22(28(33)34)13-15-35-25/h4-11,16-17,22H,12-15H2,1-3H3,(H,31,32)(H,33,34). The van der Waals surface area contributed by atoms with Gasteiger partial charge in [-0.1, -0.05) is 56.6 Å². The number of amides is 1. The number of carboxylic acid groups (broad SMARTS) is 1. The number of carboxylic acids is 1. The zero-order valence-electron chi connectivity index (χ0n) is 20.6. The first-order valence-electron chi connectivity index (χ1n) is 12.0. The highest BCUT2D eigenvalue weighted by Crippen LogP contribution is 2.41. The maximum absolute atomic E-state index is 12.6. The van der Waals surface area contributed by atoms with Crippen LogP contribution in [0, 0.1) is 0 Å². The van der Waals surface area contributed by atoms with Gasteiger partial charge in [0.2, 0.25) is 0 Å². The monoisotopic (exact) mass is 507 g/mol. The predicted molar refractivity (Wildman–Crippen MR) is 140 cm³/mol. The van der Waals surface area contributed by atoms with Gasteiger partial charge in [-0.15, -0.1) is 0 Å². The van der Waals surface area contributed by atoms with Crippen molar-refractivity contribution in [3.05, 3.63) is 87.9 Å². The van der Waals surface area contributed by atoms with Crippen molar-refractivity contribution < 1.29 is 24.2 Å². The minimum Gasteiger partial charge on any atom is -0.493 e. The quantitative estimate of drug-likeness (QED) is 0.389. The Bertz CT molecular complexity index is 1250. The van der Waals surface area contributed by atoms with Gasteiger partial charge in [0.05, 0.1) is 17.5 Å². The van der Waals surface area contributed by atoms with E-state index in [-0.39, 0.29) is 11.3 Å². The Morgan fingerprint density at radius 1 is 1.08 bits per heavy atom. The van der Waals surface area contributed by atoms with E-state index < -0.39 is 11.9 Å². The molecule has 0 saturated carbocycles. The second-order valence-corrected chi connectivity index (χ2v) is 10.3. The van der Waals surface area contributed by atoms with Gasteiger partial charge in [-0.2, -0.15) is 0 Å². The molecule has 0 radical (unpaired) electrons. The van der Waals surface area contributed by atoms with Crippen molar-refractivity contribution in [1.29, 1.82) is 0 Å². The molecule has 3 aromatic rings. The summed E-state index contributed by atoms with van der Waals surface area (Å²) < 4.78 is 11.5. The minimum absolute atomic E-state index is 0.116. The zero-order valence-corrected chi connectivity index (χ0v) is 21.4. The molecular formula is C29H30ClNO5. The number of nitrogens with one attached hydrogen (secondary N) is 1. The molecule has 1 amide bonds. The van der Waals surface area contributed by atoms with E-state index in [1.807, 2.05) is 0 Å². The van der Waals surface area contributed by atoms with Gasteiger partial charge in [0.25, 0.3) is 5.91 Å². The fraction of sp³-hybridized carbons (Fsp3) is 0.310. The Kier molecular flexibility index (Phi) is 7.55. The second-order valence-electron chi connectivity index (χ2n) is 9.93. The van der Waals surface area contributed by atoms with Crippen LogP contribution >= 0.6 is 11.6 Å². The highest BCUT2D eigenvalue weighted by atomic mass is 35.5. The van der Waals surface area contributed by atoms with Crippen molar-refractivity contribution in [2.45, 2.75) is 44.9 Å². The molecule has 6 nitrogen and oxygen atoms in total. The molecule has 1 heterocycles. The van der Waals surface area contributed by atoms with Crippen molar-refractivity contribution in [3.63, 3.8) is 0 Å². The lowest BCUT2D eigenvalue weighted by Gasteiger charge is -2.24. The van der Waals surface area contributed by atoms with Crippen molar-refractivity contribution in [1.82, 2.24) is 5.32 Å². The molecule has 36 heavy (non-hydrogen) atoms. The van der Waals surface area contributed by atoms with Gasteiger partial charge < -0.3 is 19.9 Å². The van der Waals surface area contributed by atoms with Crippen molar-refractivity contribution in [2.24, 2.45) is 0 Å². The molecule has 0 aromatic heterocycles. The third-order valence-corrected chi connectivity index (χ3v) is 6.56. The Morgan fingerprint density at radius 3 is 2.42 bits per heavy atom. The largest absolute Gasteiger partial charge is 0.493 e. The van der Waals surface area contributed by atoms with Crippen molar-refractivity contribution >= 4 is 23.5 Å². The van der Waals surface area contributed by atoms with E-state index >= 15 is 0 Å². The third kappa shape index (κ3) is 6.00. The van der Waals surface area contributed by atoms with Crippen LogP contribution < -0.4 is 14.8 Å². The number of rotatable bonds is 7. The van der Waals surface area contributed by atoms with Crippen LogP contribution in [0.5, 0.6) is 17.2 Å². The second kappa shape index (κ2) is 10.6. The van der Waals surface area contributed by atoms with Gasteiger partial charge in [-0.3, -0.25) is 9.59 Å². The van der Waals surface area contributed by atoms with Crippen LogP contribution in [0.25, 0.3) is 0 Å². The summed E-state index contributed by atoms with van der Waals surface area (Å²) >= 11 is 6.36. The van der Waals surface area contributed by atoms with Crippen LogP contribution in [0.3, 0.4) is 0 Å². The van der Waals surface area contributed by atoms with Gasteiger partial charge in [0.15, 0.2) is 0 Å². The summed E-state index contributed by atoms with van der Waals surface area (Å²) in [6, 6.07) is 18.5. The van der Waals surface area contributed by atoms with E-state index in [0.29, 0.717) is 53.0 Å². The number of carbonyl (C=O) groups is 2. The number of hydrogen-bond donors (Lipinski definition) is 2. The molecule has 7 heteroatoms. The minimum atomic E-state index is -0.906. The van der Waals surface area contributed by atoms with Crippen molar-refractivity contribution in [3.8, 4) is 17.2 Å². The van der Waals surface area contributed by atoms with Crippen LogP contribution in [-0.4, -0.2) is 30.1 Å². The number of fused-ring (bicyclic) bond motifs is 1. The highest BCUT2D eigenvalue weighted by Gasteiger charge is 2.29. The highest BCUT2D eigenvalue weighted by molar-refractivity contribution is 6.32. The van der Waals surface area contributed by atoms with Crippen LogP contribution in [0.2, 0.25) is 5.02 Å². The van der Waals surface area contributed by atoms with E-state index in [1.54, 1.807) is 36.4 Å². The molecule has 0 fully saturated rings. The molecule has 0 spiro atoms. The van der Waals surface area contributed by atoms with Gasteiger partial charge in [-0.25, -0.2) is 0 Å². The first-order chi connectivity index (χ1) is 17.1. The average molecular weight is 508 g/mol. The lowest BCUT2D eigenvalue weighted by molar-refractivity contribution is -0.139. The maximum Gasteiger partial charge on any atom is 0.311 e. The summed E-state index contributed by atoms with van der Waals surface area (Å²) in [5.74, 6) is -0.406. The molecule has 0 saturated heterocycles. The maximum atomic E-state index is 12.6. The van der Waals surface area contributed by atoms with Gasteiger partial charge in [-0.05, 0) is 59.7 Å². The summed E-state index contributed by atoms with van der Waals surface area (Å²) in [6.45, 7) is 7.41. The molecular weight excluding hydrogens is 478 g/mol. The number of hydrogen-bond acceptors (Lipinski definition) is 4. The number of halogens is 1. The Labute approximate surface area is 216 Å². The van der Waals surface area contributed by atoms with Gasteiger partial charge >= 0.3 is 5.97 Å². The zero-order chi connectivity index (χ0) is 25.9. The van der Waals surface area contributed by atoms with Crippen LogP contribution in [-0.2, 0) is 16.6 Å².